The minimum absolute atomic E-state index is 0.0698. The van der Waals surface area contributed by atoms with Crippen LogP contribution in [0.5, 0.6) is 11.5 Å². The lowest BCUT2D eigenvalue weighted by Gasteiger charge is -2.31. The first kappa shape index (κ1) is 22.8. The molecule has 2 aromatic rings. The number of nitrogens with zero attached hydrogens (tertiary/aromatic N) is 2. The number of Topliss-reactive ketones (excluding diaryl/α,β-unsaturated/α-hetero) is 1. The molecule has 2 aliphatic heterocycles. The first-order valence-electron chi connectivity index (χ1n) is 10.9. The monoisotopic (exact) mass is 452 g/mol. The van der Waals surface area contributed by atoms with Crippen molar-refractivity contribution < 1.29 is 28.9 Å². The number of hydrogen-bond donors (Lipinski definition) is 1. The van der Waals surface area contributed by atoms with Crippen molar-refractivity contribution in [3.05, 3.63) is 65.2 Å². The summed E-state index contributed by atoms with van der Waals surface area (Å²) in [7, 11) is 3.02. The summed E-state index contributed by atoms with van der Waals surface area (Å²) in [5, 5.41) is 11.2. The van der Waals surface area contributed by atoms with Gasteiger partial charge in [0.2, 0.25) is 0 Å². The van der Waals surface area contributed by atoms with Crippen LogP contribution in [0.2, 0.25) is 0 Å². The second kappa shape index (κ2) is 10.1. The van der Waals surface area contributed by atoms with Crippen molar-refractivity contribution >= 4 is 17.4 Å². The molecule has 33 heavy (non-hydrogen) atoms. The zero-order valence-corrected chi connectivity index (χ0v) is 18.8. The van der Waals surface area contributed by atoms with Crippen LogP contribution >= 0.6 is 0 Å². The standard InChI is InChI=1S/C25H28N2O6/c1-31-19-9-8-18(16-20(19)32-2)23(28)21-22(17-6-4-3-5-7-17)27(25(30)24(21)29)11-10-26-12-14-33-15-13-26/h3-9,16,22,28H,10-15H2,1-2H3/t22-/m1/s1. The highest BCUT2D eigenvalue weighted by atomic mass is 16.5. The van der Waals surface area contributed by atoms with E-state index in [1.54, 1.807) is 23.1 Å². The molecule has 1 N–H and O–H groups in total. The molecule has 2 saturated heterocycles. The Hall–Kier alpha value is -3.36. The molecule has 1 amide bonds. The third kappa shape index (κ3) is 4.58. The molecular formula is C25H28N2O6. The quantitative estimate of drug-likeness (QED) is 0.392. The highest BCUT2D eigenvalue weighted by Crippen LogP contribution is 2.40. The van der Waals surface area contributed by atoms with Crippen molar-refractivity contribution in [3.8, 4) is 11.5 Å². The Morgan fingerprint density at radius 2 is 1.70 bits per heavy atom. The Morgan fingerprint density at radius 3 is 2.36 bits per heavy atom. The molecule has 4 rings (SSSR count). The van der Waals surface area contributed by atoms with Gasteiger partial charge in [-0.3, -0.25) is 14.5 Å². The maximum Gasteiger partial charge on any atom is 0.295 e. The van der Waals surface area contributed by atoms with Crippen LogP contribution in [-0.2, 0) is 14.3 Å². The smallest absolute Gasteiger partial charge is 0.295 e. The summed E-state index contributed by atoms with van der Waals surface area (Å²) in [6, 6.07) is 13.5. The van der Waals surface area contributed by atoms with Gasteiger partial charge in [0.25, 0.3) is 11.7 Å². The Bertz CT molecular complexity index is 1050. The van der Waals surface area contributed by atoms with Gasteiger partial charge in [-0.25, -0.2) is 0 Å². The number of carbonyl (C=O) groups is 2. The van der Waals surface area contributed by atoms with E-state index in [2.05, 4.69) is 4.90 Å². The van der Waals surface area contributed by atoms with Gasteiger partial charge in [-0.15, -0.1) is 0 Å². The number of likely N-dealkylation sites (tertiary alicyclic amines) is 1. The molecule has 0 radical (unpaired) electrons. The van der Waals surface area contributed by atoms with Gasteiger partial charge >= 0.3 is 0 Å². The van der Waals surface area contributed by atoms with E-state index in [-0.39, 0.29) is 11.3 Å². The Kier molecular flexibility index (Phi) is 6.96. The van der Waals surface area contributed by atoms with Gasteiger partial charge in [-0.2, -0.15) is 0 Å². The number of methoxy groups -OCH3 is 2. The first-order valence-corrected chi connectivity index (χ1v) is 10.9. The topological polar surface area (TPSA) is 88.5 Å². The fourth-order valence-corrected chi connectivity index (χ4v) is 4.31. The van der Waals surface area contributed by atoms with Crippen molar-refractivity contribution in [2.75, 3.05) is 53.6 Å². The number of ketones is 1. The second-order valence-electron chi connectivity index (χ2n) is 7.93. The zero-order valence-electron chi connectivity index (χ0n) is 18.8. The molecule has 0 spiro atoms. The molecule has 2 aliphatic rings. The van der Waals surface area contributed by atoms with Crippen LogP contribution < -0.4 is 9.47 Å². The van der Waals surface area contributed by atoms with Gasteiger partial charge in [0, 0.05) is 31.7 Å². The zero-order chi connectivity index (χ0) is 23.4. The molecule has 0 saturated carbocycles. The highest BCUT2D eigenvalue weighted by Gasteiger charge is 2.46. The molecule has 2 heterocycles. The van der Waals surface area contributed by atoms with E-state index in [1.807, 2.05) is 30.3 Å². The molecule has 8 nitrogen and oxygen atoms in total. The number of morpholine rings is 1. The van der Waals surface area contributed by atoms with Crippen molar-refractivity contribution in [2.24, 2.45) is 0 Å². The van der Waals surface area contributed by atoms with Crippen LogP contribution in [0.1, 0.15) is 17.2 Å². The molecule has 2 aromatic carbocycles. The lowest BCUT2D eigenvalue weighted by molar-refractivity contribution is -0.140. The number of aliphatic hydroxyl groups is 1. The molecule has 8 heteroatoms. The summed E-state index contributed by atoms with van der Waals surface area (Å²) >= 11 is 0. The number of carbonyl (C=O) groups excluding carboxylic acids is 2. The highest BCUT2D eigenvalue weighted by molar-refractivity contribution is 6.46. The SMILES string of the molecule is COc1ccc(C(O)=C2C(=O)C(=O)N(CCN3CCOCC3)[C@@H]2c2ccccc2)cc1OC. The van der Waals surface area contributed by atoms with E-state index in [0.29, 0.717) is 43.4 Å². The molecule has 0 bridgehead atoms. The molecule has 174 valence electrons. The fourth-order valence-electron chi connectivity index (χ4n) is 4.31. The Labute approximate surface area is 193 Å². The lowest BCUT2D eigenvalue weighted by Crippen LogP contribution is -2.42. The molecule has 0 unspecified atom stereocenters. The molecular weight excluding hydrogens is 424 g/mol. The second-order valence-corrected chi connectivity index (χ2v) is 7.93. The number of rotatable bonds is 7. The molecule has 1 atom stereocenters. The van der Waals surface area contributed by atoms with Gasteiger partial charge in [0.1, 0.15) is 5.76 Å². The summed E-state index contributed by atoms with van der Waals surface area (Å²) < 4.78 is 16.0. The number of hydrogen-bond acceptors (Lipinski definition) is 7. The van der Waals surface area contributed by atoms with E-state index in [0.717, 1.165) is 18.7 Å². The minimum atomic E-state index is -0.696. The normalized spacial score (nSPS) is 20.8. The third-order valence-electron chi connectivity index (χ3n) is 6.07. The van der Waals surface area contributed by atoms with Crippen LogP contribution in [-0.4, -0.2) is 80.2 Å². The molecule has 0 aromatic heterocycles. The predicted molar refractivity (Wildman–Crippen MR) is 122 cm³/mol. The molecule has 2 fully saturated rings. The average Bonchev–Trinajstić information content (AvgIpc) is 3.12. The van der Waals surface area contributed by atoms with E-state index in [1.165, 1.54) is 14.2 Å². The number of amides is 1. The maximum absolute atomic E-state index is 13.1. The average molecular weight is 453 g/mol. The van der Waals surface area contributed by atoms with E-state index < -0.39 is 17.7 Å². The van der Waals surface area contributed by atoms with Crippen LogP contribution in [0.3, 0.4) is 0 Å². The van der Waals surface area contributed by atoms with Crippen LogP contribution in [0, 0.1) is 0 Å². The fraction of sp³-hybridized carbons (Fsp3) is 0.360. The summed E-state index contributed by atoms with van der Waals surface area (Å²) in [5.74, 6) is -0.631. The van der Waals surface area contributed by atoms with Crippen LogP contribution in [0.4, 0.5) is 0 Å². The summed E-state index contributed by atoms with van der Waals surface area (Å²) in [6.45, 7) is 3.86. The minimum Gasteiger partial charge on any atom is -0.507 e. The number of benzene rings is 2. The summed E-state index contributed by atoms with van der Waals surface area (Å²) in [5.41, 5.74) is 1.21. The third-order valence-corrected chi connectivity index (χ3v) is 6.07. The lowest BCUT2D eigenvalue weighted by atomic mass is 9.95. The number of ether oxygens (including phenoxy) is 3. The van der Waals surface area contributed by atoms with Crippen molar-refractivity contribution in [1.82, 2.24) is 9.80 Å². The molecule has 0 aliphatic carbocycles. The van der Waals surface area contributed by atoms with Crippen molar-refractivity contribution in [1.29, 1.82) is 0 Å². The van der Waals surface area contributed by atoms with Gasteiger partial charge in [-0.05, 0) is 23.8 Å². The number of aliphatic hydroxyl groups excluding tert-OH is 1. The van der Waals surface area contributed by atoms with E-state index >= 15 is 0 Å². The summed E-state index contributed by atoms with van der Waals surface area (Å²) in [4.78, 5) is 30.0. The van der Waals surface area contributed by atoms with E-state index in [4.69, 9.17) is 14.2 Å². The Balaban J connectivity index is 1.73. The first-order chi connectivity index (χ1) is 16.0. The Morgan fingerprint density at radius 1 is 1.00 bits per heavy atom. The van der Waals surface area contributed by atoms with Gasteiger partial charge in [-0.1, -0.05) is 30.3 Å². The summed E-state index contributed by atoms with van der Waals surface area (Å²) in [6.07, 6.45) is 0. The van der Waals surface area contributed by atoms with Gasteiger partial charge in [0.15, 0.2) is 11.5 Å². The van der Waals surface area contributed by atoms with Crippen LogP contribution in [0.25, 0.3) is 5.76 Å². The van der Waals surface area contributed by atoms with E-state index in [9.17, 15) is 14.7 Å². The van der Waals surface area contributed by atoms with Gasteiger partial charge in [0.05, 0.1) is 39.0 Å². The van der Waals surface area contributed by atoms with Crippen LogP contribution in [0.15, 0.2) is 54.1 Å². The van der Waals surface area contributed by atoms with Gasteiger partial charge < -0.3 is 24.2 Å². The van der Waals surface area contributed by atoms with Crippen molar-refractivity contribution in [3.63, 3.8) is 0 Å². The maximum atomic E-state index is 13.1. The van der Waals surface area contributed by atoms with Crippen molar-refractivity contribution in [2.45, 2.75) is 6.04 Å². The predicted octanol–water partition coefficient (Wildman–Crippen LogP) is 2.46. The largest absolute Gasteiger partial charge is 0.507 e.